The Labute approximate surface area is 201 Å². The molecule has 1 aliphatic rings. The summed E-state index contributed by atoms with van der Waals surface area (Å²) >= 11 is 0. The summed E-state index contributed by atoms with van der Waals surface area (Å²) in [4.78, 5) is 62.2. The molecule has 1 unspecified atom stereocenters. The SMILES string of the molecule is CCOc1cc(C(CC(=O)NCC(=O)[O-])N2C(=O)c3ccc(NC(C)=O)cc3C2=O)ccc1OC. The van der Waals surface area contributed by atoms with Crippen molar-refractivity contribution < 1.29 is 38.6 Å². The number of fused-ring (bicyclic) bond motifs is 1. The standard InChI is InChI=1S/C24H25N3O8/c1-4-35-20-9-14(5-8-19(20)34-3)18(11-21(29)25-12-22(30)31)27-23(32)16-7-6-15(26-13(2)28)10-17(16)24(27)33/h5-10,18H,4,11-12H2,1-3H3,(H,25,29)(H,26,28)(H,30,31)/p-1. The maximum absolute atomic E-state index is 13.3. The van der Waals surface area contributed by atoms with Gasteiger partial charge in [-0.2, -0.15) is 0 Å². The Hall–Kier alpha value is -4.41. The van der Waals surface area contributed by atoms with Crippen molar-refractivity contribution in [2.24, 2.45) is 0 Å². The lowest BCUT2D eigenvalue weighted by molar-refractivity contribution is -0.304. The fourth-order valence-corrected chi connectivity index (χ4v) is 3.77. The van der Waals surface area contributed by atoms with E-state index >= 15 is 0 Å². The Morgan fingerprint density at radius 1 is 1.03 bits per heavy atom. The van der Waals surface area contributed by atoms with Crippen LogP contribution in [0.3, 0.4) is 0 Å². The van der Waals surface area contributed by atoms with E-state index in [0.29, 0.717) is 29.4 Å². The van der Waals surface area contributed by atoms with Crippen LogP contribution in [0.2, 0.25) is 0 Å². The van der Waals surface area contributed by atoms with Gasteiger partial charge in [0.2, 0.25) is 11.8 Å². The van der Waals surface area contributed by atoms with Crippen LogP contribution in [0.1, 0.15) is 52.6 Å². The van der Waals surface area contributed by atoms with Crippen LogP contribution in [0, 0.1) is 0 Å². The normalized spacial score (nSPS) is 13.2. The molecule has 1 heterocycles. The first-order valence-corrected chi connectivity index (χ1v) is 10.7. The second kappa shape index (κ2) is 10.7. The molecule has 0 saturated carbocycles. The maximum Gasteiger partial charge on any atom is 0.262 e. The van der Waals surface area contributed by atoms with Crippen LogP contribution in [0.4, 0.5) is 5.69 Å². The number of imide groups is 1. The molecule has 0 radical (unpaired) electrons. The molecule has 0 aliphatic carbocycles. The molecule has 11 heteroatoms. The van der Waals surface area contributed by atoms with Gasteiger partial charge in [0, 0.05) is 12.6 Å². The first-order valence-electron chi connectivity index (χ1n) is 10.7. The molecule has 0 fully saturated rings. The summed E-state index contributed by atoms with van der Waals surface area (Å²) in [6.07, 6.45) is -0.408. The van der Waals surface area contributed by atoms with E-state index in [9.17, 15) is 29.1 Å². The Morgan fingerprint density at radius 3 is 2.37 bits per heavy atom. The third-order valence-electron chi connectivity index (χ3n) is 5.23. The fraction of sp³-hybridized carbons (Fsp3) is 0.292. The molecule has 2 N–H and O–H groups in total. The number of benzene rings is 2. The maximum atomic E-state index is 13.3. The largest absolute Gasteiger partial charge is 0.548 e. The van der Waals surface area contributed by atoms with Gasteiger partial charge in [0.05, 0.1) is 49.8 Å². The summed E-state index contributed by atoms with van der Waals surface area (Å²) in [5.41, 5.74) is 0.919. The topological polar surface area (TPSA) is 154 Å². The van der Waals surface area contributed by atoms with Crippen molar-refractivity contribution in [3.8, 4) is 11.5 Å². The van der Waals surface area contributed by atoms with Crippen LogP contribution in [-0.2, 0) is 14.4 Å². The second-order valence-corrected chi connectivity index (χ2v) is 7.63. The minimum Gasteiger partial charge on any atom is -0.548 e. The third kappa shape index (κ3) is 5.57. The van der Waals surface area contributed by atoms with Gasteiger partial charge in [0.1, 0.15) is 0 Å². The predicted molar refractivity (Wildman–Crippen MR) is 121 cm³/mol. The average Bonchev–Trinajstić information content (AvgIpc) is 3.05. The van der Waals surface area contributed by atoms with Crippen molar-refractivity contribution >= 4 is 35.3 Å². The number of carboxylic acids is 1. The molecule has 1 atom stereocenters. The quantitative estimate of drug-likeness (QED) is 0.468. The number of nitrogens with zero attached hydrogens (tertiary/aromatic N) is 1. The van der Waals surface area contributed by atoms with E-state index in [1.807, 2.05) is 0 Å². The van der Waals surface area contributed by atoms with Crippen LogP contribution in [0.15, 0.2) is 36.4 Å². The fourth-order valence-electron chi connectivity index (χ4n) is 3.77. The van der Waals surface area contributed by atoms with E-state index in [0.717, 1.165) is 4.90 Å². The highest BCUT2D eigenvalue weighted by atomic mass is 16.5. The number of anilines is 1. The van der Waals surface area contributed by atoms with Crippen molar-refractivity contribution in [3.05, 3.63) is 53.1 Å². The molecular weight excluding hydrogens is 458 g/mol. The molecule has 2 aromatic rings. The molecule has 4 amide bonds. The van der Waals surface area contributed by atoms with E-state index in [2.05, 4.69) is 10.6 Å². The van der Waals surface area contributed by atoms with Gasteiger partial charge in [-0.05, 0) is 42.8 Å². The number of hydrogen-bond donors (Lipinski definition) is 2. The smallest absolute Gasteiger partial charge is 0.262 e. The van der Waals surface area contributed by atoms with E-state index in [4.69, 9.17) is 9.47 Å². The van der Waals surface area contributed by atoms with Crippen molar-refractivity contribution in [2.45, 2.75) is 26.3 Å². The number of carbonyl (C=O) groups excluding carboxylic acids is 5. The Bertz CT molecular complexity index is 1190. The monoisotopic (exact) mass is 482 g/mol. The zero-order valence-corrected chi connectivity index (χ0v) is 19.4. The number of carboxylic acid groups (broad SMARTS) is 1. The van der Waals surface area contributed by atoms with E-state index < -0.39 is 42.7 Å². The van der Waals surface area contributed by atoms with E-state index in [1.54, 1.807) is 25.1 Å². The van der Waals surface area contributed by atoms with Gasteiger partial charge in [-0.25, -0.2) is 0 Å². The molecule has 0 aromatic heterocycles. The van der Waals surface area contributed by atoms with Crippen molar-refractivity contribution in [1.29, 1.82) is 0 Å². The molecule has 184 valence electrons. The van der Waals surface area contributed by atoms with Crippen LogP contribution < -0.4 is 25.2 Å². The number of carbonyl (C=O) groups is 5. The van der Waals surface area contributed by atoms with Gasteiger partial charge < -0.3 is 30.0 Å². The highest BCUT2D eigenvalue weighted by molar-refractivity contribution is 6.22. The summed E-state index contributed by atoms with van der Waals surface area (Å²) < 4.78 is 10.9. The van der Waals surface area contributed by atoms with Gasteiger partial charge in [-0.3, -0.25) is 24.1 Å². The molecule has 0 spiro atoms. The summed E-state index contributed by atoms with van der Waals surface area (Å²) in [7, 11) is 1.46. The van der Waals surface area contributed by atoms with Crippen LogP contribution >= 0.6 is 0 Å². The minimum atomic E-state index is -1.48. The molecule has 2 aromatic carbocycles. The van der Waals surface area contributed by atoms with Gasteiger partial charge in [0.15, 0.2) is 11.5 Å². The van der Waals surface area contributed by atoms with Crippen LogP contribution in [0.25, 0.3) is 0 Å². The van der Waals surface area contributed by atoms with Crippen LogP contribution in [-0.4, -0.2) is 54.8 Å². The van der Waals surface area contributed by atoms with E-state index in [-0.39, 0.29) is 17.0 Å². The number of hydrogen-bond acceptors (Lipinski definition) is 8. The van der Waals surface area contributed by atoms with Crippen molar-refractivity contribution in [1.82, 2.24) is 10.2 Å². The minimum absolute atomic E-state index is 0.0694. The van der Waals surface area contributed by atoms with Crippen molar-refractivity contribution in [3.63, 3.8) is 0 Å². The molecule has 0 saturated heterocycles. The molecule has 35 heavy (non-hydrogen) atoms. The second-order valence-electron chi connectivity index (χ2n) is 7.63. The number of rotatable bonds is 10. The Morgan fingerprint density at radius 2 is 1.74 bits per heavy atom. The van der Waals surface area contributed by atoms with Gasteiger partial charge in [-0.1, -0.05) is 6.07 Å². The average molecular weight is 482 g/mol. The summed E-state index contributed by atoms with van der Waals surface area (Å²) in [6.45, 7) is 2.68. The lowest BCUT2D eigenvalue weighted by Gasteiger charge is -2.27. The highest BCUT2D eigenvalue weighted by Gasteiger charge is 2.41. The summed E-state index contributed by atoms with van der Waals surface area (Å²) in [6, 6.07) is 7.96. The number of ether oxygens (including phenoxy) is 2. The number of amides is 4. The number of nitrogens with one attached hydrogen (secondary N) is 2. The Balaban J connectivity index is 2.03. The number of methoxy groups -OCH3 is 1. The molecule has 3 rings (SSSR count). The van der Waals surface area contributed by atoms with Gasteiger partial charge in [0.25, 0.3) is 11.8 Å². The molecule has 1 aliphatic heterocycles. The molecular formula is C24H24N3O8-. The first-order chi connectivity index (χ1) is 16.7. The Kier molecular flexibility index (Phi) is 7.69. The highest BCUT2D eigenvalue weighted by Crippen LogP contribution is 2.38. The van der Waals surface area contributed by atoms with Gasteiger partial charge >= 0.3 is 0 Å². The molecule has 11 nitrogen and oxygen atoms in total. The third-order valence-corrected chi connectivity index (χ3v) is 5.23. The number of aliphatic carboxylic acids is 1. The lowest BCUT2D eigenvalue weighted by Crippen LogP contribution is -2.41. The summed E-state index contributed by atoms with van der Waals surface area (Å²) in [5, 5.41) is 15.5. The zero-order chi connectivity index (χ0) is 25.7. The van der Waals surface area contributed by atoms with Gasteiger partial charge in [-0.15, -0.1) is 0 Å². The first kappa shape index (κ1) is 25.2. The van der Waals surface area contributed by atoms with E-state index in [1.165, 1.54) is 32.2 Å². The lowest BCUT2D eigenvalue weighted by atomic mass is 10.0. The summed E-state index contributed by atoms with van der Waals surface area (Å²) in [5.74, 6) is -3.07. The van der Waals surface area contributed by atoms with Crippen LogP contribution in [0.5, 0.6) is 11.5 Å². The predicted octanol–water partition coefficient (Wildman–Crippen LogP) is 0.646. The molecule has 0 bridgehead atoms. The zero-order valence-electron chi connectivity index (χ0n) is 19.4. The van der Waals surface area contributed by atoms with Crippen molar-refractivity contribution in [2.75, 3.05) is 25.6 Å².